The Morgan fingerprint density at radius 3 is 2.37 bits per heavy atom. The van der Waals surface area contributed by atoms with Crippen LogP contribution in [0.4, 0.5) is 0 Å². The molecule has 4 unspecified atom stereocenters. The lowest BCUT2D eigenvalue weighted by Gasteiger charge is -2.29. The molecule has 104 valence electrons. The molecule has 1 saturated heterocycles. The first-order valence-corrected chi connectivity index (χ1v) is 7.09. The monoisotopic (exact) mass is 263 g/mol. The Labute approximate surface area is 113 Å². The molecule has 2 aliphatic carbocycles. The second kappa shape index (κ2) is 4.09. The number of amides is 1. The lowest BCUT2D eigenvalue weighted by atomic mass is 9.82. The lowest BCUT2D eigenvalue weighted by Crippen LogP contribution is -2.42. The van der Waals surface area contributed by atoms with E-state index in [0.717, 1.165) is 25.9 Å². The molecule has 4 atom stereocenters. The number of aliphatic carboxylic acids is 1. The van der Waals surface area contributed by atoms with E-state index in [1.807, 2.05) is 17.1 Å². The van der Waals surface area contributed by atoms with Gasteiger partial charge in [-0.2, -0.15) is 0 Å². The zero-order valence-electron chi connectivity index (χ0n) is 11.5. The summed E-state index contributed by atoms with van der Waals surface area (Å²) in [6, 6.07) is 0. The summed E-state index contributed by atoms with van der Waals surface area (Å²) in [6.45, 7) is 5.86. The van der Waals surface area contributed by atoms with E-state index in [4.69, 9.17) is 0 Å². The van der Waals surface area contributed by atoms with Crippen LogP contribution in [0.1, 0.15) is 26.7 Å². The smallest absolute Gasteiger partial charge is 0.307 e. The van der Waals surface area contributed by atoms with Gasteiger partial charge in [0.1, 0.15) is 0 Å². The van der Waals surface area contributed by atoms with Gasteiger partial charge in [0.05, 0.1) is 11.8 Å². The predicted octanol–water partition coefficient (Wildman–Crippen LogP) is 1.77. The van der Waals surface area contributed by atoms with Gasteiger partial charge in [-0.1, -0.05) is 26.0 Å². The molecule has 1 amide bonds. The van der Waals surface area contributed by atoms with Crippen LogP contribution < -0.4 is 0 Å². The highest BCUT2D eigenvalue weighted by Gasteiger charge is 2.53. The first kappa shape index (κ1) is 12.7. The van der Waals surface area contributed by atoms with Gasteiger partial charge in [0, 0.05) is 13.1 Å². The quantitative estimate of drug-likeness (QED) is 0.772. The number of hydrogen-bond donors (Lipinski definition) is 1. The van der Waals surface area contributed by atoms with E-state index in [1.54, 1.807) is 0 Å². The number of hydrogen-bond acceptors (Lipinski definition) is 2. The Morgan fingerprint density at radius 2 is 1.84 bits per heavy atom. The van der Waals surface area contributed by atoms with Crippen molar-refractivity contribution >= 4 is 11.9 Å². The van der Waals surface area contributed by atoms with Crippen LogP contribution in [0.3, 0.4) is 0 Å². The van der Waals surface area contributed by atoms with E-state index in [-0.39, 0.29) is 29.1 Å². The lowest BCUT2D eigenvalue weighted by molar-refractivity contribution is -0.150. The maximum Gasteiger partial charge on any atom is 0.307 e. The molecule has 1 heterocycles. The summed E-state index contributed by atoms with van der Waals surface area (Å²) >= 11 is 0. The average Bonchev–Trinajstić information content (AvgIpc) is 3.00. The second-order valence-corrected chi connectivity index (χ2v) is 7.01. The van der Waals surface area contributed by atoms with Crippen molar-refractivity contribution in [2.45, 2.75) is 26.7 Å². The minimum absolute atomic E-state index is 0.0621. The normalized spacial score (nSPS) is 38.9. The van der Waals surface area contributed by atoms with Crippen LogP contribution in [0.15, 0.2) is 12.2 Å². The van der Waals surface area contributed by atoms with Crippen molar-refractivity contribution in [3.05, 3.63) is 12.2 Å². The molecule has 1 aliphatic heterocycles. The van der Waals surface area contributed by atoms with E-state index in [0.29, 0.717) is 0 Å². The van der Waals surface area contributed by atoms with Gasteiger partial charge < -0.3 is 10.0 Å². The Morgan fingerprint density at radius 1 is 1.21 bits per heavy atom. The molecule has 0 aromatic carbocycles. The van der Waals surface area contributed by atoms with Gasteiger partial charge >= 0.3 is 5.97 Å². The third kappa shape index (κ3) is 1.97. The summed E-state index contributed by atoms with van der Waals surface area (Å²) in [7, 11) is 0. The van der Waals surface area contributed by atoms with E-state index in [2.05, 4.69) is 13.8 Å². The fourth-order valence-electron chi connectivity index (χ4n) is 4.01. The molecule has 19 heavy (non-hydrogen) atoms. The first-order valence-electron chi connectivity index (χ1n) is 7.09. The molecule has 0 aromatic rings. The summed E-state index contributed by atoms with van der Waals surface area (Å²) in [5, 5.41) is 9.40. The van der Waals surface area contributed by atoms with Gasteiger partial charge in [0.15, 0.2) is 0 Å². The number of carbonyl (C=O) groups excluding carboxylic acids is 1. The van der Waals surface area contributed by atoms with Gasteiger partial charge in [-0.3, -0.25) is 9.59 Å². The highest BCUT2D eigenvalue weighted by atomic mass is 16.4. The zero-order chi connectivity index (χ0) is 13.8. The Hall–Kier alpha value is -1.32. The Balaban J connectivity index is 1.80. The Kier molecular flexibility index (Phi) is 2.73. The number of likely N-dealkylation sites (tertiary alicyclic amines) is 1. The average molecular weight is 263 g/mol. The van der Waals surface area contributed by atoms with Gasteiger partial charge in [0.25, 0.3) is 0 Å². The van der Waals surface area contributed by atoms with E-state index in [1.165, 1.54) is 0 Å². The van der Waals surface area contributed by atoms with Crippen LogP contribution in [0, 0.1) is 29.1 Å². The van der Waals surface area contributed by atoms with Crippen molar-refractivity contribution in [3.8, 4) is 0 Å². The number of carboxylic acids is 1. The van der Waals surface area contributed by atoms with E-state index >= 15 is 0 Å². The topological polar surface area (TPSA) is 57.6 Å². The molecule has 2 fully saturated rings. The molecule has 3 aliphatic rings. The van der Waals surface area contributed by atoms with Crippen LogP contribution in [0.5, 0.6) is 0 Å². The molecule has 1 saturated carbocycles. The van der Waals surface area contributed by atoms with Crippen molar-refractivity contribution < 1.29 is 14.7 Å². The molecule has 1 N–H and O–H groups in total. The summed E-state index contributed by atoms with van der Waals surface area (Å²) in [5.41, 5.74) is 0.168. The molecule has 0 spiro atoms. The standard InChI is InChI=1S/C15H21NO3/c1-15(2)5-6-16(8-15)13(17)11-9-3-4-10(7-9)12(11)14(18)19/h3-4,9-12H,5-8H2,1-2H3,(H,18,19). The largest absolute Gasteiger partial charge is 0.481 e. The predicted molar refractivity (Wildman–Crippen MR) is 70.3 cm³/mol. The molecular formula is C15H21NO3. The van der Waals surface area contributed by atoms with Crippen LogP contribution in [0.2, 0.25) is 0 Å². The molecule has 2 bridgehead atoms. The number of carbonyl (C=O) groups is 2. The highest BCUT2D eigenvalue weighted by molar-refractivity contribution is 5.87. The summed E-state index contributed by atoms with van der Waals surface area (Å²) in [5.74, 6) is -1.38. The number of carboxylic acid groups (broad SMARTS) is 1. The zero-order valence-corrected chi connectivity index (χ0v) is 11.5. The van der Waals surface area contributed by atoms with Crippen LogP contribution >= 0.6 is 0 Å². The van der Waals surface area contributed by atoms with Crippen molar-refractivity contribution in [2.75, 3.05) is 13.1 Å². The van der Waals surface area contributed by atoms with Crippen molar-refractivity contribution in [1.29, 1.82) is 0 Å². The summed E-state index contributed by atoms with van der Waals surface area (Å²) in [6.07, 6.45) is 5.88. The maximum atomic E-state index is 12.7. The van der Waals surface area contributed by atoms with E-state index in [9.17, 15) is 14.7 Å². The van der Waals surface area contributed by atoms with E-state index < -0.39 is 11.9 Å². The third-order valence-corrected chi connectivity index (χ3v) is 5.02. The van der Waals surface area contributed by atoms with Crippen molar-refractivity contribution in [1.82, 2.24) is 4.90 Å². The van der Waals surface area contributed by atoms with Crippen LogP contribution in [0.25, 0.3) is 0 Å². The summed E-state index contributed by atoms with van der Waals surface area (Å²) < 4.78 is 0. The number of fused-ring (bicyclic) bond motifs is 2. The van der Waals surface area contributed by atoms with Gasteiger partial charge in [-0.25, -0.2) is 0 Å². The highest BCUT2D eigenvalue weighted by Crippen LogP contribution is 2.49. The van der Waals surface area contributed by atoms with Gasteiger partial charge in [-0.15, -0.1) is 0 Å². The SMILES string of the molecule is CC1(C)CCN(C(=O)C2C3C=CC(C3)C2C(=O)O)C1. The molecule has 0 radical (unpaired) electrons. The van der Waals surface area contributed by atoms with Crippen molar-refractivity contribution in [2.24, 2.45) is 29.1 Å². The van der Waals surface area contributed by atoms with Crippen LogP contribution in [-0.2, 0) is 9.59 Å². The minimum Gasteiger partial charge on any atom is -0.481 e. The molecule has 4 heteroatoms. The molecular weight excluding hydrogens is 242 g/mol. The van der Waals surface area contributed by atoms with Gasteiger partial charge in [0.2, 0.25) is 5.91 Å². The van der Waals surface area contributed by atoms with Crippen LogP contribution in [-0.4, -0.2) is 35.0 Å². The third-order valence-electron chi connectivity index (χ3n) is 5.02. The van der Waals surface area contributed by atoms with Gasteiger partial charge in [-0.05, 0) is 30.1 Å². The maximum absolute atomic E-state index is 12.7. The second-order valence-electron chi connectivity index (χ2n) is 7.01. The fourth-order valence-corrected chi connectivity index (χ4v) is 4.01. The molecule has 4 nitrogen and oxygen atoms in total. The number of rotatable bonds is 2. The molecule has 3 rings (SSSR count). The first-order chi connectivity index (χ1) is 8.89. The fraction of sp³-hybridized carbons (Fsp3) is 0.733. The summed E-state index contributed by atoms with van der Waals surface area (Å²) in [4.78, 5) is 26.0. The van der Waals surface area contributed by atoms with Crippen molar-refractivity contribution in [3.63, 3.8) is 0 Å². The molecule has 0 aromatic heterocycles. The number of nitrogens with zero attached hydrogens (tertiary/aromatic N) is 1. The minimum atomic E-state index is -0.811. The Bertz CT molecular complexity index is 454. The number of allylic oxidation sites excluding steroid dienone is 2.